The zero-order chi connectivity index (χ0) is 15.5. The zero-order valence-electron chi connectivity index (χ0n) is 11.1. The van der Waals surface area contributed by atoms with Gasteiger partial charge in [0.1, 0.15) is 18.0 Å². The minimum absolute atomic E-state index is 0.0421. The van der Waals surface area contributed by atoms with Crippen LogP contribution in [0.25, 0.3) is 0 Å². The predicted molar refractivity (Wildman–Crippen MR) is 72.0 cm³/mol. The lowest BCUT2D eigenvalue weighted by atomic mass is 9.90. The van der Waals surface area contributed by atoms with E-state index in [9.17, 15) is 14.3 Å². The molecule has 0 radical (unpaired) electrons. The SMILES string of the molecule is CCOC(=O)C(O)(Cc1ncn[nH]1)c1ccc(F)cc1Cl. The zero-order valence-corrected chi connectivity index (χ0v) is 11.9. The molecule has 1 heterocycles. The molecule has 2 rings (SSSR count). The summed E-state index contributed by atoms with van der Waals surface area (Å²) in [4.78, 5) is 16.0. The molecular formula is C13H13ClFN3O3. The van der Waals surface area contributed by atoms with E-state index in [0.29, 0.717) is 0 Å². The largest absolute Gasteiger partial charge is 0.464 e. The number of H-pyrrole nitrogens is 1. The van der Waals surface area contributed by atoms with E-state index in [1.165, 1.54) is 12.4 Å². The van der Waals surface area contributed by atoms with E-state index in [2.05, 4.69) is 15.2 Å². The summed E-state index contributed by atoms with van der Waals surface area (Å²) in [5.41, 5.74) is -2.04. The van der Waals surface area contributed by atoms with Crippen LogP contribution in [0.4, 0.5) is 4.39 Å². The molecule has 1 unspecified atom stereocenters. The first-order chi connectivity index (χ1) is 9.97. The van der Waals surface area contributed by atoms with Gasteiger partial charge in [-0.1, -0.05) is 17.7 Å². The van der Waals surface area contributed by atoms with E-state index in [1.807, 2.05) is 0 Å². The molecule has 112 valence electrons. The molecule has 0 spiro atoms. The summed E-state index contributed by atoms with van der Waals surface area (Å²) in [5.74, 6) is -1.20. The topological polar surface area (TPSA) is 88.1 Å². The van der Waals surface area contributed by atoms with Crippen molar-refractivity contribution in [2.75, 3.05) is 6.61 Å². The number of aromatic amines is 1. The lowest BCUT2D eigenvalue weighted by molar-refractivity contribution is -0.166. The number of aromatic nitrogens is 3. The fourth-order valence-electron chi connectivity index (χ4n) is 1.91. The number of aliphatic hydroxyl groups is 1. The highest BCUT2D eigenvalue weighted by molar-refractivity contribution is 6.31. The van der Waals surface area contributed by atoms with Crippen molar-refractivity contribution in [3.05, 3.63) is 46.8 Å². The fourth-order valence-corrected chi connectivity index (χ4v) is 2.23. The second-order valence-corrected chi connectivity index (χ2v) is 4.72. The van der Waals surface area contributed by atoms with Crippen LogP contribution in [0.2, 0.25) is 5.02 Å². The molecule has 0 fully saturated rings. The van der Waals surface area contributed by atoms with Crippen molar-refractivity contribution in [3.8, 4) is 0 Å². The Balaban J connectivity index is 2.46. The molecule has 0 aliphatic rings. The molecule has 1 aromatic carbocycles. The number of esters is 1. The van der Waals surface area contributed by atoms with Gasteiger partial charge in [0.15, 0.2) is 5.60 Å². The molecule has 0 saturated carbocycles. The van der Waals surface area contributed by atoms with Crippen molar-refractivity contribution in [3.63, 3.8) is 0 Å². The molecule has 0 saturated heterocycles. The quantitative estimate of drug-likeness (QED) is 0.818. The highest BCUT2D eigenvalue weighted by Gasteiger charge is 2.42. The molecule has 1 aromatic heterocycles. The first-order valence-electron chi connectivity index (χ1n) is 6.16. The van der Waals surface area contributed by atoms with Gasteiger partial charge in [0.25, 0.3) is 0 Å². The molecule has 0 amide bonds. The van der Waals surface area contributed by atoms with Crippen LogP contribution in [0.1, 0.15) is 18.3 Å². The van der Waals surface area contributed by atoms with Crippen LogP contribution in [0.5, 0.6) is 0 Å². The summed E-state index contributed by atoms with van der Waals surface area (Å²) < 4.78 is 18.0. The number of nitrogens with zero attached hydrogens (tertiary/aromatic N) is 2. The molecular weight excluding hydrogens is 301 g/mol. The average molecular weight is 314 g/mol. The van der Waals surface area contributed by atoms with Crippen LogP contribution in [-0.2, 0) is 21.6 Å². The third kappa shape index (κ3) is 3.20. The Bertz CT molecular complexity index is 636. The smallest absolute Gasteiger partial charge is 0.343 e. The van der Waals surface area contributed by atoms with Gasteiger partial charge in [-0.2, -0.15) is 5.10 Å². The monoisotopic (exact) mass is 313 g/mol. The van der Waals surface area contributed by atoms with Crippen molar-refractivity contribution in [1.82, 2.24) is 15.2 Å². The second kappa shape index (κ2) is 6.19. The van der Waals surface area contributed by atoms with Crippen molar-refractivity contribution >= 4 is 17.6 Å². The summed E-state index contributed by atoms with van der Waals surface area (Å²) in [6.07, 6.45) is 1.02. The maximum absolute atomic E-state index is 13.2. The Kier molecular flexibility index (Phi) is 4.54. The molecule has 1 atom stereocenters. The van der Waals surface area contributed by atoms with E-state index >= 15 is 0 Å². The van der Waals surface area contributed by atoms with Gasteiger partial charge in [-0.3, -0.25) is 5.10 Å². The normalized spacial score (nSPS) is 13.7. The molecule has 0 aliphatic carbocycles. The number of carbonyl (C=O) groups excluding carboxylic acids is 1. The number of ether oxygens (including phenoxy) is 1. The maximum Gasteiger partial charge on any atom is 0.343 e. The van der Waals surface area contributed by atoms with E-state index in [4.69, 9.17) is 16.3 Å². The molecule has 6 nitrogen and oxygen atoms in total. The number of hydrogen-bond donors (Lipinski definition) is 2. The Morgan fingerprint density at radius 3 is 2.90 bits per heavy atom. The van der Waals surface area contributed by atoms with Gasteiger partial charge in [0.05, 0.1) is 18.1 Å². The van der Waals surface area contributed by atoms with Gasteiger partial charge in [-0.05, 0) is 19.1 Å². The number of nitrogens with one attached hydrogen (secondary N) is 1. The number of hydrogen-bond acceptors (Lipinski definition) is 5. The number of rotatable bonds is 5. The number of halogens is 2. The molecule has 21 heavy (non-hydrogen) atoms. The summed E-state index contributed by atoms with van der Waals surface area (Å²) in [6.45, 7) is 1.69. The summed E-state index contributed by atoms with van der Waals surface area (Å²) >= 11 is 5.94. The Morgan fingerprint density at radius 1 is 1.57 bits per heavy atom. The van der Waals surface area contributed by atoms with Gasteiger partial charge >= 0.3 is 5.97 Å². The minimum Gasteiger partial charge on any atom is -0.464 e. The van der Waals surface area contributed by atoms with E-state index in [0.717, 1.165) is 12.1 Å². The predicted octanol–water partition coefficient (Wildman–Crippen LogP) is 1.59. The Hall–Kier alpha value is -1.99. The standard InChI is InChI=1S/C13H13ClFN3O3/c1-2-21-12(19)13(20,6-11-16-7-17-18-11)9-4-3-8(15)5-10(9)14/h3-5,7,20H,2,6H2,1H3,(H,16,17,18). The first kappa shape index (κ1) is 15.4. The van der Waals surface area contributed by atoms with E-state index in [-0.39, 0.29) is 29.4 Å². The first-order valence-corrected chi connectivity index (χ1v) is 6.54. The molecule has 2 aromatic rings. The van der Waals surface area contributed by atoms with Crippen LogP contribution >= 0.6 is 11.6 Å². The van der Waals surface area contributed by atoms with E-state index < -0.39 is 17.4 Å². The minimum atomic E-state index is -2.08. The summed E-state index contributed by atoms with van der Waals surface area (Å²) in [6, 6.07) is 3.36. The highest BCUT2D eigenvalue weighted by atomic mass is 35.5. The lowest BCUT2D eigenvalue weighted by Crippen LogP contribution is -2.40. The van der Waals surface area contributed by atoms with Crippen LogP contribution in [0.3, 0.4) is 0 Å². The van der Waals surface area contributed by atoms with Crippen molar-refractivity contribution in [2.45, 2.75) is 18.9 Å². The van der Waals surface area contributed by atoms with Gasteiger partial charge in [0, 0.05) is 5.56 Å². The third-order valence-electron chi connectivity index (χ3n) is 2.88. The number of benzene rings is 1. The van der Waals surface area contributed by atoms with Crippen LogP contribution < -0.4 is 0 Å². The molecule has 8 heteroatoms. The van der Waals surface area contributed by atoms with Crippen molar-refractivity contribution in [2.24, 2.45) is 0 Å². The second-order valence-electron chi connectivity index (χ2n) is 4.31. The number of carbonyl (C=O) groups is 1. The highest BCUT2D eigenvalue weighted by Crippen LogP contribution is 2.32. The molecule has 2 N–H and O–H groups in total. The maximum atomic E-state index is 13.2. The van der Waals surface area contributed by atoms with Crippen molar-refractivity contribution < 1.29 is 19.0 Å². The average Bonchev–Trinajstić information content (AvgIpc) is 2.91. The van der Waals surface area contributed by atoms with E-state index in [1.54, 1.807) is 6.92 Å². The van der Waals surface area contributed by atoms with Crippen LogP contribution in [-0.4, -0.2) is 32.9 Å². The Labute approximate surface area is 124 Å². The fraction of sp³-hybridized carbons (Fsp3) is 0.308. The molecule has 0 bridgehead atoms. The van der Waals surface area contributed by atoms with Gasteiger partial charge in [-0.15, -0.1) is 0 Å². The molecule has 0 aliphatic heterocycles. The van der Waals surface area contributed by atoms with Crippen LogP contribution in [0, 0.1) is 5.82 Å². The summed E-state index contributed by atoms with van der Waals surface area (Å²) in [7, 11) is 0. The lowest BCUT2D eigenvalue weighted by Gasteiger charge is -2.26. The van der Waals surface area contributed by atoms with Gasteiger partial charge in [-0.25, -0.2) is 14.2 Å². The Morgan fingerprint density at radius 2 is 2.33 bits per heavy atom. The van der Waals surface area contributed by atoms with Crippen molar-refractivity contribution in [1.29, 1.82) is 0 Å². The van der Waals surface area contributed by atoms with Crippen LogP contribution in [0.15, 0.2) is 24.5 Å². The third-order valence-corrected chi connectivity index (χ3v) is 3.19. The summed E-state index contributed by atoms with van der Waals surface area (Å²) in [5, 5.41) is 16.9. The van der Waals surface area contributed by atoms with Gasteiger partial charge in [0.2, 0.25) is 0 Å². The van der Waals surface area contributed by atoms with Gasteiger partial charge < -0.3 is 9.84 Å².